The van der Waals surface area contributed by atoms with Gasteiger partial charge in [0.05, 0.1) is 19.4 Å². The van der Waals surface area contributed by atoms with Gasteiger partial charge >= 0.3 is 0 Å². The van der Waals surface area contributed by atoms with Crippen LogP contribution in [0.4, 0.5) is 0 Å². The van der Waals surface area contributed by atoms with E-state index in [1.54, 1.807) is 24.2 Å². The molecule has 0 saturated heterocycles. The number of hydrogen-bond acceptors (Lipinski definition) is 4. The largest absolute Gasteiger partial charge is 0.481 e. The van der Waals surface area contributed by atoms with E-state index in [0.717, 1.165) is 16.9 Å². The molecule has 1 atom stereocenters. The molecule has 6 heteroatoms. The first-order valence-corrected chi connectivity index (χ1v) is 9.51. The molecule has 0 fully saturated rings. The molecule has 0 aliphatic rings. The van der Waals surface area contributed by atoms with Crippen LogP contribution < -0.4 is 4.74 Å². The van der Waals surface area contributed by atoms with Crippen LogP contribution in [0, 0.1) is 20.8 Å². The summed E-state index contributed by atoms with van der Waals surface area (Å²) >= 11 is 6.22. The van der Waals surface area contributed by atoms with Crippen molar-refractivity contribution in [2.24, 2.45) is 0 Å². The molecule has 5 nitrogen and oxygen atoms in total. The maximum atomic E-state index is 13.1. The molecule has 0 aliphatic heterocycles. The number of ether oxygens (including phenoxy) is 1. The Kier molecular flexibility index (Phi) is 6.15. The number of hydrogen-bond donors (Lipinski definition) is 0. The molecule has 0 spiro atoms. The average molecular weight is 402 g/mol. The fourth-order valence-electron chi connectivity index (χ4n) is 3.05. The molecule has 0 bridgehead atoms. The minimum absolute atomic E-state index is 0.157. The van der Waals surface area contributed by atoms with Crippen molar-refractivity contribution in [2.75, 3.05) is 0 Å². The van der Waals surface area contributed by atoms with Crippen LogP contribution in [-0.2, 0) is 17.9 Å². The monoisotopic (exact) mass is 401 g/mol. The molecule has 3 aromatic rings. The molecule has 0 N–H and O–H groups in total. The molecule has 1 aromatic carbocycles. The van der Waals surface area contributed by atoms with E-state index in [9.17, 15) is 4.79 Å². The molecule has 28 heavy (non-hydrogen) atoms. The number of amides is 1. The van der Waals surface area contributed by atoms with Crippen molar-refractivity contribution in [3.8, 4) is 5.75 Å². The standard InChI is InChI=1S/C22H24ClNO4/c1-14-10-20(11-15(2)21(14)23)28-17(4)22(25)24(12-18-6-5-9-26-18)13-19-8-7-16(3)27-19/h5-11,17H,12-13H2,1-4H3/t17-/m0/s1. The van der Waals surface area contributed by atoms with Gasteiger partial charge in [0.15, 0.2) is 6.10 Å². The van der Waals surface area contributed by atoms with Crippen LogP contribution >= 0.6 is 11.6 Å². The fourth-order valence-corrected chi connectivity index (χ4v) is 3.16. The maximum absolute atomic E-state index is 13.1. The van der Waals surface area contributed by atoms with E-state index in [0.29, 0.717) is 35.4 Å². The van der Waals surface area contributed by atoms with Gasteiger partial charge in [-0.3, -0.25) is 4.79 Å². The lowest BCUT2D eigenvalue weighted by Crippen LogP contribution is -2.39. The molecule has 0 saturated carbocycles. The van der Waals surface area contributed by atoms with Crippen molar-refractivity contribution in [1.82, 2.24) is 4.90 Å². The Labute approximate surface area is 169 Å². The minimum atomic E-state index is -0.675. The van der Waals surface area contributed by atoms with Crippen LogP contribution in [0.15, 0.2) is 51.5 Å². The van der Waals surface area contributed by atoms with E-state index in [2.05, 4.69) is 0 Å². The smallest absolute Gasteiger partial charge is 0.264 e. The van der Waals surface area contributed by atoms with Crippen molar-refractivity contribution in [3.05, 3.63) is 76.1 Å². The number of carbonyl (C=O) groups is 1. The molecule has 2 aromatic heterocycles. The lowest BCUT2D eigenvalue weighted by atomic mass is 10.1. The highest BCUT2D eigenvalue weighted by atomic mass is 35.5. The second-order valence-corrected chi connectivity index (χ2v) is 7.30. The summed E-state index contributed by atoms with van der Waals surface area (Å²) < 4.78 is 17.0. The number of halogens is 1. The molecular weight excluding hydrogens is 378 g/mol. The van der Waals surface area contributed by atoms with Gasteiger partial charge < -0.3 is 18.5 Å². The zero-order valence-electron chi connectivity index (χ0n) is 16.5. The predicted molar refractivity (Wildman–Crippen MR) is 107 cm³/mol. The van der Waals surface area contributed by atoms with E-state index in [-0.39, 0.29) is 5.91 Å². The Morgan fingerprint density at radius 2 is 1.79 bits per heavy atom. The van der Waals surface area contributed by atoms with Gasteiger partial charge in [-0.1, -0.05) is 11.6 Å². The maximum Gasteiger partial charge on any atom is 0.264 e. The molecule has 2 heterocycles. The number of benzene rings is 1. The predicted octanol–water partition coefficient (Wildman–Crippen LogP) is 5.45. The molecule has 0 unspecified atom stereocenters. The summed E-state index contributed by atoms with van der Waals surface area (Å²) in [7, 11) is 0. The number of aryl methyl sites for hydroxylation is 3. The average Bonchev–Trinajstić information content (AvgIpc) is 3.30. The Morgan fingerprint density at radius 3 is 2.36 bits per heavy atom. The van der Waals surface area contributed by atoms with E-state index in [4.69, 9.17) is 25.2 Å². The Bertz CT molecular complexity index is 922. The highest BCUT2D eigenvalue weighted by Gasteiger charge is 2.24. The molecule has 3 rings (SSSR count). The Morgan fingerprint density at radius 1 is 1.11 bits per heavy atom. The van der Waals surface area contributed by atoms with Crippen molar-refractivity contribution < 1.29 is 18.4 Å². The molecule has 0 aliphatic carbocycles. The third kappa shape index (κ3) is 4.78. The van der Waals surface area contributed by atoms with Crippen molar-refractivity contribution in [2.45, 2.75) is 46.9 Å². The van der Waals surface area contributed by atoms with Crippen LogP contribution in [0.1, 0.15) is 35.3 Å². The highest BCUT2D eigenvalue weighted by molar-refractivity contribution is 6.32. The lowest BCUT2D eigenvalue weighted by Gasteiger charge is -2.25. The Balaban J connectivity index is 1.77. The first-order valence-electron chi connectivity index (χ1n) is 9.13. The molecule has 148 valence electrons. The van der Waals surface area contributed by atoms with E-state index < -0.39 is 6.10 Å². The van der Waals surface area contributed by atoms with Crippen molar-refractivity contribution in [1.29, 1.82) is 0 Å². The minimum Gasteiger partial charge on any atom is -0.481 e. The van der Waals surface area contributed by atoms with Crippen LogP contribution in [0.5, 0.6) is 5.75 Å². The second kappa shape index (κ2) is 8.57. The van der Waals surface area contributed by atoms with Crippen molar-refractivity contribution >= 4 is 17.5 Å². The third-order valence-electron chi connectivity index (χ3n) is 4.45. The SMILES string of the molecule is Cc1ccc(CN(Cc2ccco2)C(=O)[C@H](C)Oc2cc(C)c(Cl)c(C)c2)o1. The first kappa shape index (κ1) is 20.1. The summed E-state index contributed by atoms with van der Waals surface area (Å²) in [5.74, 6) is 2.67. The van der Waals surface area contributed by atoms with Crippen LogP contribution in [0.2, 0.25) is 5.02 Å². The molecular formula is C22H24ClNO4. The number of furan rings is 2. The molecule has 0 radical (unpaired) electrons. The van der Waals surface area contributed by atoms with Gasteiger partial charge in [0.2, 0.25) is 0 Å². The van der Waals surface area contributed by atoms with Gasteiger partial charge in [-0.15, -0.1) is 0 Å². The summed E-state index contributed by atoms with van der Waals surface area (Å²) in [6, 6.07) is 11.1. The zero-order chi connectivity index (χ0) is 20.3. The summed E-state index contributed by atoms with van der Waals surface area (Å²) in [5.41, 5.74) is 1.82. The summed E-state index contributed by atoms with van der Waals surface area (Å²) in [4.78, 5) is 14.8. The number of rotatable bonds is 7. The van der Waals surface area contributed by atoms with Gasteiger partial charge in [-0.2, -0.15) is 0 Å². The number of nitrogens with zero attached hydrogens (tertiary/aromatic N) is 1. The Hall–Kier alpha value is -2.66. The quantitative estimate of drug-likeness (QED) is 0.528. The van der Waals surface area contributed by atoms with E-state index in [1.807, 2.05) is 51.1 Å². The fraction of sp³-hybridized carbons (Fsp3) is 0.318. The van der Waals surface area contributed by atoms with Gasteiger partial charge in [0.1, 0.15) is 23.0 Å². The normalized spacial score (nSPS) is 12.0. The van der Waals surface area contributed by atoms with Crippen molar-refractivity contribution in [3.63, 3.8) is 0 Å². The van der Waals surface area contributed by atoms with Gasteiger partial charge in [-0.05, 0) is 75.2 Å². The van der Waals surface area contributed by atoms with Gasteiger partial charge in [0, 0.05) is 5.02 Å². The van der Waals surface area contributed by atoms with Gasteiger partial charge in [0.25, 0.3) is 5.91 Å². The van der Waals surface area contributed by atoms with E-state index in [1.165, 1.54) is 0 Å². The molecule has 1 amide bonds. The first-order chi connectivity index (χ1) is 13.3. The summed E-state index contributed by atoms with van der Waals surface area (Å²) in [6.45, 7) is 8.11. The lowest BCUT2D eigenvalue weighted by molar-refractivity contribution is -0.139. The van der Waals surface area contributed by atoms with Crippen LogP contribution in [-0.4, -0.2) is 16.9 Å². The third-order valence-corrected chi connectivity index (χ3v) is 5.05. The zero-order valence-corrected chi connectivity index (χ0v) is 17.2. The van der Waals surface area contributed by atoms with Crippen LogP contribution in [0.25, 0.3) is 0 Å². The summed E-state index contributed by atoms with van der Waals surface area (Å²) in [5, 5.41) is 0.707. The highest BCUT2D eigenvalue weighted by Crippen LogP contribution is 2.27. The topological polar surface area (TPSA) is 55.8 Å². The number of carbonyl (C=O) groups excluding carboxylic acids is 1. The summed E-state index contributed by atoms with van der Waals surface area (Å²) in [6.07, 6.45) is 0.916. The van der Waals surface area contributed by atoms with E-state index >= 15 is 0 Å². The van der Waals surface area contributed by atoms with Gasteiger partial charge in [-0.25, -0.2) is 0 Å². The second-order valence-electron chi connectivity index (χ2n) is 6.92. The van der Waals surface area contributed by atoms with Crippen LogP contribution in [0.3, 0.4) is 0 Å².